The zero-order chi connectivity index (χ0) is 13.3. The molecule has 18 heavy (non-hydrogen) atoms. The topological polar surface area (TPSA) is 104 Å². The average Bonchev–Trinajstić information content (AvgIpc) is 2.71. The number of carboxylic acid groups (broad SMARTS) is 1. The Morgan fingerprint density at radius 3 is 2.72 bits per heavy atom. The van der Waals surface area contributed by atoms with Crippen molar-refractivity contribution in [2.24, 2.45) is 0 Å². The van der Waals surface area contributed by atoms with Crippen molar-refractivity contribution in [3.05, 3.63) is 34.4 Å². The lowest BCUT2D eigenvalue weighted by atomic mass is 10.2. The standard InChI is InChI=1S/C11H12N2O5/c14-7-5-10(11(15)16)12(6-7)8-3-1-2-4-9(8)13(17)18/h1-4,7,10,14H,5-6H2,(H,15,16)/t7-,10-/m0/s1. The van der Waals surface area contributed by atoms with Gasteiger partial charge in [-0.05, 0) is 6.07 Å². The van der Waals surface area contributed by atoms with Crippen LogP contribution < -0.4 is 4.90 Å². The molecule has 1 saturated heterocycles. The molecule has 7 heteroatoms. The fraction of sp³-hybridized carbons (Fsp3) is 0.364. The molecule has 1 fully saturated rings. The highest BCUT2D eigenvalue weighted by atomic mass is 16.6. The molecular weight excluding hydrogens is 240 g/mol. The minimum Gasteiger partial charge on any atom is -0.480 e. The van der Waals surface area contributed by atoms with Crippen molar-refractivity contribution < 1.29 is 19.9 Å². The second-order valence-electron chi connectivity index (χ2n) is 4.14. The van der Waals surface area contributed by atoms with Gasteiger partial charge in [-0.1, -0.05) is 12.1 Å². The smallest absolute Gasteiger partial charge is 0.326 e. The number of benzene rings is 1. The highest BCUT2D eigenvalue weighted by Crippen LogP contribution is 2.33. The number of nitrogens with zero attached hydrogens (tertiary/aromatic N) is 2. The summed E-state index contributed by atoms with van der Waals surface area (Å²) in [5, 5.41) is 29.5. The van der Waals surface area contributed by atoms with Crippen molar-refractivity contribution in [1.82, 2.24) is 0 Å². The summed E-state index contributed by atoms with van der Waals surface area (Å²) in [4.78, 5) is 22.8. The Hall–Kier alpha value is -2.15. The van der Waals surface area contributed by atoms with E-state index in [2.05, 4.69) is 0 Å². The summed E-state index contributed by atoms with van der Waals surface area (Å²) in [6.45, 7) is 0.0851. The first kappa shape index (κ1) is 12.3. The summed E-state index contributed by atoms with van der Waals surface area (Å²) >= 11 is 0. The van der Waals surface area contributed by atoms with Crippen LogP contribution >= 0.6 is 0 Å². The molecule has 1 aliphatic heterocycles. The van der Waals surface area contributed by atoms with E-state index >= 15 is 0 Å². The van der Waals surface area contributed by atoms with Crippen LogP contribution in [0.1, 0.15) is 6.42 Å². The normalized spacial score (nSPS) is 23.1. The average molecular weight is 252 g/mol. The number of aliphatic carboxylic acids is 1. The number of anilines is 1. The highest BCUT2D eigenvalue weighted by molar-refractivity contribution is 5.81. The first-order valence-corrected chi connectivity index (χ1v) is 5.41. The SMILES string of the molecule is O=C(O)[C@@H]1C[C@H](O)CN1c1ccccc1[N+](=O)[O-]. The third-order valence-electron chi connectivity index (χ3n) is 2.95. The zero-order valence-electron chi connectivity index (χ0n) is 9.39. The number of carboxylic acids is 1. The Kier molecular flexibility index (Phi) is 3.15. The second kappa shape index (κ2) is 4.61. The minimum absolute atomic E-state index is 0.0708. The van der Waals surface area contributed by atoms with E-state index in [0.29, 0.717) is 0 Å². The van der Waals surface area contributed by atoms with Crippen molar-refractivity contribution in [3.8, 4) is 0 Å². The Morgan fingerprint density at radius 2 is 2.11 bits per heavy atom. The number of hydrogen-bond donors (Lipinski definition) is 2. The van der Waals surface area contributed by atoms with Gasteiger partial charge in [-0.2, -0.15) is 0 Å². The number of aliphatic hydroxyl groups is 1. The number of β-amino-alcohol motifs (C(OH)–C–C–N with tert-alkyl or cyclic N) is 1. The van der Waals surface area contributed by atoms with Crippen LogP contribution in [0.4, 0.5) is 11.4 Å². The number of carbonyl (C=O) groups is 1. The molecule has 0 aromatic heterocycles. The maximum Gasteiger partial charge on any atom is 0.326 e. The Balaban J connectivity index is 2.41. The first-order chi connectivity index (χ1) is 8.50. The molecule has 7 nitrogen and oxygen atoms in total. The molecule has 0 spiro atoms. The molecule has 2 rings (SSSR count). The molecule has 1 aromatic carbocycles. The monoisotopic (exact) mass is 252 g/mol. The van der Waals surface area contributed by atoms with Crippen LogP contribution in [-0.4, -0.2) is 39.8 Å². The van der Waals surface area contributed by atoms with E-state index in [1.807, 2.05) is 0 Å². The molecular formula is C11H12N2O5. The van der Waals surface area contributed by atoms with Crippen LogP contribution in [0.15, 0.2) is 24.3 Å². The predicted octanol–water partition coefficient (Wildman–Crippen LogP) is 0.619. The minimum atomic E-state index is -1.09. The van der Waals surface area contributed by atoms with Crippen molar-refractivity contribution in [3.63, 3.8) is 0 Å². The molecule has 1 aliphatic rings. The molecule has 2 atom stereocenters. The van der Waals surface area contributed by atoms with Crippen LogP contribution in [-0.2, 0) is 4.79 Å². The number of nitro groups is 1. The molecule has 1 aromatic rings. The molecule has 0 unspecified atom stereocenters. The fourth-order valence-corrected chi connectivity index (χ4v) is 2.18. The number of aliphatic hydroxyl groups excluding tert-OH is 1. The maximum atomic E-state index is 11.1. The lowest BCUT2D eigenvalue weighted by molar-refractivity contribution is -0.384. The number of rotatable bonds is 3. The molecule has 2 N–H and O–H groups in total. The van der Waals surface area contributed by atoms with Crippen LogP contribution in [0.3, 0.4) is 0 Å². The highest BCUT2D eigenvalue weighted by Gasteiger charge is 2.38. The summed E-state index contributed by atoms with van der Waals surface area (Å²) in [6.07, 6.45) is -0.715. The van der Waals surface area contributed by atoms with Crippen LogP contribution in [0.25, 0.3) is 0 Å². The third-order valence-corrected chi connectivity index (χ3v) is 2.95. The second-order valence-corrected chi connectivity index (χ2v) is 4.14. The van der Waals surface area contributed by atoms with Gasteiger partial charge in [0.25, 0.3) is 5.69 Å². The van der Waals surface area contributed by atoms with Crippen molar-refractivity contribution >= 4 is 17.3 Å². The van der Waals surface area contributed by atoms with Crippen molar-refractivity contribution in [2.75, 3.05) is 11.4 Å². The van der Waals surface area contributed by atoms with Gasteiger partial charge in [-0.3, -0.25) is 10.1 Å². The van der Waals surface area contributed by atoms with Gasteiger partial charge in [0, 0.05) is 19.0 Å². The molecule has 0 saturated carbocycles. The largest absolute Gasteiger partial charge is 0.480 e. The fourth-order valence-electron chi connectivity index (χ4n) is 2.18. The number of hydrogen-bond acceptors (Lipinski definition) is 5. The van der Waals surface area contributed by atoms with Gasteiger partial charge in [0.1, 0.15) is 11.7 Å². The van der Waals surface area contributed by atoms with E-state index in [9.17, 15) is 20.0 Å². The molecule has 1 heterocycles. The molecule has 96 valence electrons. The summed E-state index contributed by atoms with van der Waals surface area (Å²) in [7, 11) is 0. The maximum absolute atomic E-state index is 11.1. The summed E-state index contributed by atoms with van der Waals surface area (Å²) in [5.74, 6) is -1.09. The van der Waals surface area contributed by atoms with E-state index < -0.39 is 23.0 Å². The third kappa shape index (κ3) is 2.12. The summed E-state index contributed by atoms with van der Waals surface area (Å²) in [6, 6.07) is 5.00. The Labute approximate surface area is 102 Å². The van der Waals surface area contributed by atoms with Gasteiger partial charge in [0.15, 0.2) is 0 Å². The van der Waals surface area contributed by atoms with Crippen molar-refractivity contribution in [2.45, 2.75) is 18.6 Å². The zero-order valence-corrected chi connectivity index (χ0v) is 9.39. The number of nitro benzene ring substituents is 1. The molecule has 0 amide bonds. The van der Waals surface area contributed by atoms with Gasteiger partial charge in [-0.15, -0.1) is 0 Å². The molecule has 0 bridgehead atoms. The van der Waals surface area contributed by atoms with Crippen LogP contribution in [0.2, 0.25) is 0 Å². The predicted molar refractivity (Wildman–Crippen MR) is 62.5 cm³/mol. The van der Waals surface area contributed by atoms with E-state index in [-0.39, 0.29) is 24.3 Å². The van der Waals surface area contributed by atoms with E-state index in [1.54, 1.807) is 6.07 Å². The van der Waals surface area contributed by atoms with E-state index in [4.69, 9.17) is 5.11 Å². The van der Waals surface area contributed by atoms with Crippen LogP contribution in [0, 0.1) is 10.1 Å². The van der Waals surface area contributed by atoms with Gasteiger partial charge >= 0.3 is 5.97 Å². The summed E-state index contributed by atoms with van der Waals surface area (Å²) in [5.41, 5.74) is 0.0734. The van der Waals surface area contributed by atoms with Gasteiger partial charge in [-0.25, -0.2) is 4.79 Å². The number of para-hydroxylation sites is 2. The Bertz CT molecular complexity index is 490. The molecule has 0 aliphatic carbocycles. The van der Waals surface area contributed by atoms with Crippen LogP contribution in [0.5, 0.6) is 0 Å². The van der Waals surface area contributed by atoms with Crippen molar-refractivity contribution in [1.29, 1.82) is 0 Å². The first-order valence-electron chi connectivity index (χ1n) is 5.41. The van der Waals surface area contributed by atoms with Gasteiger partial charge in [0.05, 0.1) is 11.0 Å². The van der Waals surface area contributed by atoms with Gasteiger partial charge in [0.2, 0.25) is 0 Å². The lowest BCUT2D eigenvalue weighted by Crippen LogP contribution is -2.36. The Morgan fingerprint density at radius 1 is 1.44 bits per heavy atom. The van der Waals surface area contributed by atoms with Gasteiger partial charge < -0.3 is 15.1 Å². The van der Waals surface area contributed by atoms with E-state index in [1.165, 1.54) is 23.1 Å². The summed E-state index contributed by atoms with van der Waals surface area (Å²) < 4.78 is 0. The molecule has 0 radical (unpaired) electrons. The van der Waals surface area contributed by atoms with E-state index in [0.717, 1.165) is 0 Å². The quantitative estimate of drug-likeness (QED) is 0.603. The lowest BCUT2D eigenvalue weighted by Gasteiger charge is -2.22.